The van der Waals surface area contributed by atoms with E-state index in [-0.39, 0.29) is 17.9 Å². The lowest BCUT2D eigenvalue weighted by Gasteiger charge is -2.07. The summed E-state index contributed by atoms with van der Waals surface area (Å²) in [6, 6.07) is 15.5. The number of rotatable bonds is 6. The van der Waals surface area contributed by atoms with Gasteiger partial charge in [0.05, 0.1) is 7.11 Å². The molecule has 0 atom stereocenters. The van der Waals surface area contributed by atoms with Crippen LogP contribution in [0.4, 0.5) is 5.69 Å². The third-order valence-electron chi connectivity index (χ3n) is 4.08. The van der Waals surface area contributed by atoms with Crippen molar-refractivity contribution in [2.45, 2.75) is 6.92 Å². The fraction of sp³-hybridized carbons (Fsp3) is 0.143. The molecule has 1 aromatic heterocycles. The van der Waals surface area contributed by atoms with Gasteiger partial charge in [-0.3, -0.25) is 14.4 Å². The molecule has 3 rings (SSSR count). The van der Waals surface area contributed by atoms with Gasteiger partial charge < -0.3 is 19.9 Å². The summed E-state index contributed by atoms with van der Waals surface area (Å²) in [5.41, 5.74) is 3.18. The molecule has 8 heteroatoms. The molecule has 0 radical (unpaired) electrons. The Morgan fingerprint density at radius 2 is 1.79 bits per heavy atom. The van der Waals surface area contributed by atoms with Crippen LogP contribution < -0.4 is 10.6 Å². The molecule has 1 heterocycles. The van der Waals surface area contributed by atoms with E-state index in [1.165, 1.54) is 13.2 Å². The quantitative estimate of drug-likeness (QED) is 0.623. The van der Waals surface area contributed by atoms with Gasteiger partial charge >= 0.3 is 5.97 Å². The maximum Gasteiger partial charge on any atom is 0.325 e. The summed E-state index contributed by atoms with van der Waals surface area (Å²) in [7, 11) is 1.23. The lowest BCUT2D eigenvalue weighted by atomic mass is 10.1. The van der Waals surface area contributed by atoms with E-state index in [1.54, 1.807) is 24.3 Å². The van der Waals surface area contributed by atoms with E-state index >= 15 is 0 Å². The maximum atomic E-state index is 12.4. The maximum absolute atomic E-state index is 12.4. The molecule has 3 aromatic rings. The highest BCUT2D eigenvalue weighted by atomic mass is 16.5. The lowest BCUT2D eigenvalue weighted by molar-refractivity contribution is -0.139. The van der Waals surface area contributed by atoms with Crippen molar-refractivity contribution in [3.8, 4) is 11.3 Å². The Balaban J connectivity index is 1.67. The van der Waals surface area contributed by atoms with Gasteiger partial charge in [-0.1, -0.05) is 41.1 Å². The first-order chi connectivity index (χ1) is 14.0. The summed E-state index contributed by atoms with van der Waals surface area (Å²) in [5.74, 6) is -1.48. The highest BCUT2D eigenvalue weighted by molar-refractivity contribution is 6.04. The summed E-state index contributed by atoms with van der Waals surface area (Å²) in [4.78, 5) is 35.7. The van der Waals surface area contributed by atoms with Crippen LogP contribution in [0.2, 0.25) is 0 Å². The number of methoxy groups -OCH3 is 1. The van der Waals surface area contributed by atoms with Crippen LogP contribution >= 0.6 is 0 Å². The SMILES string of the molecule is COC(=O)CNC(=O)c1cccc(NC(=O)c2cc(-c3ccc(C)cc3)no2)c1. The monoisotopic (exact) mass is 393 g/mol. The molecule has 0 spiro atoms. The van der Waals surface area contributed by atoms with E-state index in [0.29, 0.717) is 11.4 Å². The molecule has 0 unspecified atom stereocenters. The first-order valence-corrected chi connectivity index (χ1v) is 8.76. The van der Waals surface area contributed by atoms with Crippen LogP contribution in [0.15, 0.2) is 59.1 Å². The molecule has 0 aliphatic heterocycles. The Bertz CT molecular complexity index is 1040. The first-order valence-electron chi connectivity index (χ1n) is 8.76. The predicted octanol–water partition coefficient (Wildman–Crippen LogP) is 2.81. The van der Waals surface area contributed by atoms with E-state index in [2.05, 4.69) is 20.5 Å². The number of aryl methyl sites for hydroxylation is 1. The van der Waals surface area contributed by atoms with Gasteiger partial charge in [-0.15, -0.1) is 0 Å². The van der Waals surface area contributed by atoms with Crippen molar-refractivity contribution in [3.63, 3.8) is 0 Å². The van der Waals surface area contributed by atoms with Crippen molar-refractivity contribution in [1.82, 2.24) is 10.5 Å². The van der Waals surface area contributed by atoms with E-state index in [4.69, 9.17) is 4.52 Å². The number of hydrogen-bond acceptors (Lipinski definition) is 6. The van der Waals surface area contributed by atoms with E-state index in [0.717, 1.165) is 11.1 Å². The Labute approximate surface area is 166 Å². The molecule has 0 fully saturated rings. The third kappa shape index (κ3) is 5.07. The minimum atomic E-state index is -0.558. The van der Waals surface area contributed by atoms with Crippen LogP contribution in [-0.2, 0) is 9.53 Å². The van der Waals surface area contributed by atoms with Crippen LogP contribution in [0.25, 0.3) is 11.3 Å². The van der Waals surface area contributed by atoms with Crippen molar-refractivity contribution in [1.29, 1.82) is 0 Å². The van der Waals surface area contributed by atoms with Crippen LogP contribution in [-0.4, -0.2) is 36.6 Å². The highest BCUT2D eigenvalue weighted by Gasteiger charge is 2.15. The van der Waals surface area contributed by atoms with Gasteiger partial charge in [0.15, 0.2) is 0 Å². The number of carbonyl (C=O) groups is 3. The topological polar surface area (TPSA) is 111 Å². The smallest absolute Gasteiger partial charge is 0.325 e. The number of carbonyl (C=O) groups excluding carboxylic acids is 3. The predicted molar refractivity (Wildman–Crippen MR) is 105 cm³/mol. The Kier molecular flexibility index (Phi) is 6.03. The van der Waals surface area contributed by atoms with Crippen molar-refractivity contribution < 1.29 is 23.6 Å². The van der Waals surface area contributed by atoms with E-state index in [1.807, 2.05) is 31.2 Å². The first kappa shape index (κ1) is 19.8. The third-order valence-corrected chi connectivity index (χ3v) is 4.08. The second kappa shape index (κ2) is 8.83. The Hall–Kier alpha value is -3.94. The van der Waals surface area contributed by atoms with Crippen molar-refractivity contribution >= 4 is 23.5 Å². The fourth-order valence-corrected chi connectivity index (χ4v) is 2.50. The zero-order valence-corrected chi connectivity index (χ0v) is 15.9. The van der Waals surface area contributed by atoms with Gasteiger partial charge in [0.25, 0.3) is 11.8 Å². The van der Waals surface area contributed by atoms with Crippen molar-refractivity contribution in [3.05, 3.63) is 71.5 Å². The molecule has 0 aliphatic carbocycles. The summed E-state index contributed by atoms with van der Waals surface area (Å²) >= 11 is 0. The Morgan fingerprint density at radius 1 is 1.03 bits per heavy atom. The van der Waals surface area contributed by atoms with Gasteiger partial charge in [0, 0.05) is 22.9 Å². The van der Waals surface area contributed by atoms with Gasteiger partial charge in [-0.2, -0.15) is 0 Å². The molecule has 2 amide bonds. The molecule has 148 valence electrons. The second-order valence-corrected chi connectivity index (χ2v) is 6.24. The molecule has 0 bridgehead atoms. The standard InChI is InChI=1S/C21H19N3O5/c1-13-6-8-14(9-7-13)17-11-18(29-24-17)21(27)23-16-5-3-4-15(10-16)20(26)22-12-19(25)28-2/h3-11H,12H2,1-2H3,(H,22,26)(H,23,27). The number of aromatic nitrogens is 1. The lowest BCUT2D eigenvalue weighted by Crippen LogP contribution is -2.30. The summed E-state index contributed by atoms with van der Waals surface area (Å²) < 4.78 is 9.62. The van der Waals surface area contributed by atoms with Crippen LogP contribution in [0.1, 0.15) is 26.5 Å². The minimum Gasteiger partial charge on any atom is -0.468 e. The van der Waals surface area contributed by atoms with Crippen LogP contribution in [0, 0.1) is 6.92 Å². The number of ether oxygens (including phenoxy) is 1. The molecule has 29 heavy (non-hydrogen) atoms. The minimum absolute atomic E-state index is 0.0427. The molecule has 0 saturated heterocycles. The van der Waals surface area contributed by atoms with Crippen LogP contribution in [0.3, 0.4) is 0 Å². The molecule has 0 saturated carbocycles. The number of anilines is 1. The zero-order chi connectivity index (χ0) is 20.8. The number of nitrogens with zero attached hydrogens (tertiary/aromatic N) is 1. The number of esters is 1. The van der Waals surface area contributed by atoms with E-state index < -0.39 is 17.8 Å². The summed E-state index contributed by atoms with van der Waals surface area (Å²) in [5, 5.41) is 9.02. The zero-order valence-electron chi connectivity index (χ0n) is 15.9. The number of amides is 2. The van der Waals surface area contributed by atoms with Gasteiger partial charge in [0.1, 0.15) is 12.2 Å². The fourth-order valence-electron chi connectivity index (χ4n) is 2.50. The second-order valence-electron chi connectivity index (χ2n) is 6.24. The number of nitrogens with one attached hydrogen (secondary N) is 2. The molecule has 0 aliphatic rings. The van der Waals surface area contributed by atoms with Crippen LogP contribution in [0.5, 0.6) is 0 Å². The highest BCUT2D eigenvalue weighted by Crippen LogP contribution is 2.20. The molecule has 2 aromatic carbocycles. The van der Waals surface area contributed by atoms with Gasteiger partial charge in [-0.25, -0.2) is 0 Å². The number of benzene rings is 2. The number of hydrogen-bond donors (Lipinski definition) is 2. The average molecular weight is 393 g/mol. The van der Waals surface area contributed by atoms with Crippen molar-refractivity contribution in [2.24, 2.45) is 0 Å². The average Bonchev–Trinajstić information content (AvgIpc) is 3.23. The van der Waals surface area contributed by atoms with Gasteiger partial charge in [-0.05, 0) is 25.1 Å². The normalized spacial score (nSPS) is 10.3. The summed E-state index contributed by atoms with van der Waals surface area (Å²) in [6.07, 6.45) is 0. The van der Waals surface area contributed by atoms with Gasteiger partial charge in [0.2, 0.25) is 5.76 Å². The molecule has 2 N–H and O–H groups in total. The molecular weight excluding hydrogens is 374 g/mol. The van der Waals surface area contributed by atoms with Crippen molar-refractivity contribution in [2.75, 3.05) is 19.0 Å². The molecule has 8 nitrogen and oxygen atoms in total. The molecular formula is C21H19N3O5. The van der Waals surface area contributed by atoms with E-state index in [9.17, 15) is 14.4 Å². The Morgan fingerprint density at radius 3 is 2.52 bits per heavy atom. The largest absolute Gasteiger partial charge is 0.468 e. The summed E-state index contributed by atoms with van der Waals surface area (Å²) in [6.45, 7) is 1.74.